The zero-order valence-corrected chi connectivity index (χ0v) is 8.42. The van der Waals surface area contributed by atoms with E-state index in [2.05, 4.69) is 0 Å². The Labute approximate surface area is 85.9 Å². The lowest BCUT2D eigenvalue weighted by atomic mass is 10.1. The highest BCUT2D eigenvalue weighted by atomic mass is 19.4. The van der Waals surface area contributed by atoms with Gasteiger partial charge in [0.1, 0.15) is 6.23 Å². The number of nitrogens with zero attached hydrogens (tertiary/aromatic N) is 1. The molecule has 0 aliphatic heterocycles. The van der Waals surface area contributed by atoms with E-state index in [4.69, 9.17) is 0 Å². The summed E-state index contributed by atoms with van der Waals surface area (Å²) in [6, 6.07) is 4.46. The zero-order chi connectivity index (χ0) is 11.6. The van der Waals surface area contributed by atoms with Crippen LogP contribution in [0.2, 0.25) is 0 Å². The molecule has 0 aliphatic rings. The lowest BCUT2D eigenvalue weighted by molar-refractivity contribution is -0.137. The van der Waals surface area contributed by atoms with Crippen LogP contribution >= 0.6 is 0 Å². The molecule has 1 aromatic rings. The fraction of sp³-hybridized carbons (Fsp3) is 0.400. The average molecular weight is 219 g/mol. The molecule has 0 saturated carbocycles. The van der Waals surface area contributed by atoms with Crippen LogP contribution in [0.1, 0.15) is 17.4 Å². The first-order valence-corrected chi connectivity index (χ1v) is 4.34. The summed E-state index contributed by atoms with van der Waals surface area (Å²) in [5.74, 6) is 0. The van der Waals surface area contributed by atoms with E-state index in [1.807, 2.05) is 0 Å². The summed E-state index contributed by atoms with van der Waals surface area (Å²) in [6.07, 6.45) is -5.21. The first-order valence-electron chi connectivity index (χ1n) is 4.34. The van der Waals surface area contributed by atoms with Crippen LogP contribution < -0.4 is 0 Å². The second kappa shape index (κ2) is 4.20. The van der Waals surface area contributed by atoms with Gasteiger partial charge in [-0.25, -0.2) is 0 Å². The van der Waals surface area contributed by atoms with Gasteiger partial charge in [0.25, 0.3) is 0 Å². The van der Waals surface area contributed by atoms with Crippen molar-refractivity contribution in [2.75, 3.05) is 14.1 Å². The number of benzene rings is 1. The van der Waals surface area contributed by atoms with Gasteiger partial charge < -0.3 is 5.11 Å². The number of rotatable bonds is 2. The third-order valence-corrected chi connectivity index (χ3v) is 2.03. The van der Waals surface area contributed by atoms with Crippen LogP contribution in [0.25, 0.3) is 0 Å². The van der Waals surface area contributed by atoms with E-state index in [-0.39, 0.29) is 0 Å². The molecule has 0 aromatic heterocycles. The Morgan fingerprint density at radius 2 is 1.60 bits per heavy atom. The van der Waals surface area contributed by atoms with Crippen molar-refractivity contribution in [3.05, 3.63) is 35.4 Å². The first kappa shape index (κ1) is 12.0. The van der Waals surface area contributed by atoms with Crippen molar-refractivity contribution >= 4 is 0 Å². The minimum absolute atomic E-state index is 0.438. The third kappa shape index (κ3) is 2.94. The number of aliphatic hydroxyl groups is 1. The molecule has 1 unspecified atom stereocenters. The Hall–Kier alpha value is -1.07. The van der Waals surface area contributed by atoms with Crippen LogP contribution in [0.3, 0.4) is 0 Å². The lowest BCUT2D eigenvalue weighted by Gasteiger charge is -2.19. The highest BCUT2D eigenvalue weighted by molar-refractivity contribution is 5.25. The van der Waals surface area contributed by atoms with Crippen molar-refractivity contribution in [3.63, 3.8) is 0 Å². The maximum atomic E-state index is 12.2. The third-order valence-electron chi connectivity index (χ3n) is 2.03. The van der Waals surface area contributed by atoms with E-state index in [0.29, 0.717) is 5.56 Å². The molecule has 0 spiro atoms. The summed E-state index contributed by atoms with van der Waals surface area (Å²) < 4.78 is 36.6. The molecule has 1 N–H and O–H groups in total. The largest absolute Gasteiger partial charge is 0.416 e. The maximum Gasteiger partial charge on any atom is 0.416 e. The molecule has 5 heteroatoms. The quantitative estimate of drug-likeness (QED) is 0.771. The van der Waals surface area contributed by atoms with Crippen molar-refractivity contribution in [2.24, 2.45) is 0 Å². The highest BCUT2D eigenvalue weighted by Gasteiger charge is 2.30. The van der Waals surface area contributed by atoms with Crippen LogP contribution in [-0.2, 0) is 6.18 Å². The lowest BCUT2D eigenvalue weighted by Crippen LogP contribution is -2.19. The summed E-state index contributed by atoms with van der Waals surface area (Å²) in [5, 5.41) is 9.54. The fourth-order valence-corrected chi connectivity index (χ4v) is 1.14. The number of alkyl halides is 3. The van der Waals surface area contributed by atoms with Gasteiger partial charge in [0.05, 0.1) is 5.56 Å². The first-order chi connectivity index (χ1) is 6.82. The summed E-state index contributed by atoms with van der Waals surface area (Å²) in [6.45, 7) is 0. The highest BCUT2D eigenvalue weighted by Crippen LogP contribution is 2.30. The molecular formula is C10H12F3NO. The molecule has 2 nitrogen and oxygen atoms in total. The van der Waals surface area contributed by atoms with E-state index in [0.717, 1.165) is 12.1 Å². The van der Waals surface area contributed by atoms with Gasteiger partial charge in [-0.1, -0.05) is 12.1 Å². The summed E-state index contributed by atoms with van der Waals surface area (Å²) in [7, 11) is 3.28. The SMILES string of the molecule is CN(C)C(O)c1ccc(C(F)(F)F)cc1. The molecule has 1 rings (SSSR count). The molecule has 1 aromatic carbocycles. The van der Waals surface area contributed by atoms with Crippen LogP contribution in [-0.4, -0.2) is 24.1 Å². The average Bonchev–Trinajstić information content (AvgIpc) is 2.15. The van der Waals surface area contributed by atoms with Crippen molar-refractivity contribution in [1.29, 1.82) is 0 Å². The van der Waals surface area contributed by atoms with Gasteiger partial charge in [0.2, 0.25) is 0 Å². The normalized spacial score (nSPS) is 14.3. The smallest absolute Gasteiger partial charge is 0.374 e. The van der Waals surface area contributed by atoms with Crippen LogP contribution in [0.5, 0.6) is 0 Å². The fourth-order valence-electron chi connectivity index (χ4n) is 1.14. The van der Waals surface area contributed by atoms with Crippen molar-refractivity contribution < 1.29 is 18.3 Å². The molecule has 0 bridgehead atoms. The predicted octanol–water partition coefficient (Wildman–Crippen LogP) is 2.26. The van der Waals surface area contributed by atoms with Gasteiger partial charge in [0.15, 0.2) is 0 Å². The van der Waals surface area contributed by atoms with Gasteiger partial charge in [-0.2, -0.15) is 13.2 Å². The molecule has 84 valence electrons. The monoisotopic (exact) mass is 219 g/mol. The Bertz CT molecular complexity index is 318. The van der Waals surface area contributed by atoms with E-state index in [1.54, 1.807) is 14.1 Å². The molecule has 0 aliphatic carbocycles. The minimum Gasteiger partial charge on any atom is -0.374 e. The van der Waals surface area contributed by atoms with Gasteiger partial charge in [-0.05, 0) is 31.8 Å². The number of hydrogen-bond donors (Lipinski definition) is 1. The van der Waals surface area contributed by atoms with Crippen LogP contribution in [0, 0.1) is 0 Å². The Kier molecular flexibility index (Phi) is 3.36. The van der Waals surface area contributed by atoms with Gasteiger partial charge in [-0.15, -0.1) is 0 Å². The van der Waals surface area contributed by atoms with Gasteiger partial charge in [0, 0.05) is 0 Å². The maximum absolute atomic E-state index is 12.2. The second-order valence-electron chi connectivity index (χ2n) is 3.46. The van der Waals surface area contributed by atoms with E-state index in [9.17, 15) is 18.3 Å². The zero-order valence-electron chi connectivity index (χ0n) is 8.42. The molecule has 0 saturated heterocycles. The van der Waals surface area contributed by atoms with Crippen molar-refractivity contribution in [1.82, 2.24) is 4.90 Å². The molecule has 0 radical (unpaired) electrons. The number of aliphatic hydroxyl groups excluding tert-OH is 1. The Morgan fingerprint density at radius 3 is 1.93 bits per heavy atom. The topological polar surface area (TPSA) is 23.5 Å². The van der Waals surface area contributed by atoms with E-state index < -0.39 is 18.0 Å². The predicted molar refractivity (Wildman–Crippen MR) is 50.1 cm³/mol. The van der Waals surface area contributed by atoms with Gasteiger partial charge >= 0.3 is 6.18 Å². The summed E-state index contributed by atoms with van der Waals surface area (Å²) >= 11 is 0. The number of hydrogen-bond acceptors (Lipinski definition) is 2. The molecule has 0 fully saturated rings. The molecule has 0 heterocycles. The summed E-state index contributed by atoms with van der Waals surface area (Å²) in [5.41, 5.74) is -0.273. The Morgan fingerprint density at radius 1 is 1.13 bits per heavy atom. The van der Waals surface area contributed by atoms with Crippen molar-refractivity contribution in [3.8, 4) is 0 Å². The Balaban J connectivity index is 2.91. The van der Waals surface area contributed by atoms with Gasteiger partial charge in [-0.3, -0.25) is 4.90 Å². The molecule has 1 atom stereocenters. The molecule has 0 amide bonds. The minimum atomic E-state index is -4.33. The van der Waals surface area contributed by atoms with E-state index >= 15 is 0 Å². The standard InChI is InChI=1S/C10H12F3NO/c1-14(2)9(15)7-3-5-8(6-4-7)10(11,12)13/h3-6,9,15H,1-2H3. The van der Waals surface area contributed by atoms with E-state index in [1.165, 1.54) is 17.0 Å². The number of halogens is 3. The van der Waals surface area contributed by atoms with Crippen molar-refractivity contribution in [2.45, 2.75) is 12.4 Å². The molecular weight excluding hydrogens is 207 g/mol. The second-order valence-corrected chi connectivity index (χ2v) is 3.46. The summed E-state index contributed by atoms with van der Waals surface area (Å²) in [4.78, 5) is 1.50. The van der Waals surface area contributed by atoms with Crippen LogP contribution in [0.4, 0.5) is 13.2 Å². The van der Waals surface area contributed by atoms with Crippen LogP contribution in [0.15, 0.2) is 24.3 Å². The molecule has 15 heavy (non-hydrogen) atoms.